The van der Waals surface area contributed by atoms with E-state index in [1.54, 1.807) is 107 Å². The van der Waals surface area contributed by atoms with Crippen LogP contribution in [0.5, 0.6) is 23.0 Å². The Kier molecular flexibility index (Phi) is 11.7. The summed E-state index contributed by atoms with van der Waals surface area (Å²) in [5, 5.41) is 7.91. The van der Waals surface area contributed by atoms with Crippen molar-refractivity contribution >= 4 is 67.7 Å². The zero-order valence-corrected chi connectivity index (χ0v) is 34.6. The van der Waals surface area contributed by atoms with Crippen LogP contribution in [0.15, 0.2) is 45.6 Å². The standard InChI is InChI=1S/C42H51N3O12/c1-20(2)32(43-39(49)56-41(5,6)7)37(47)54-29-16-22-14-15-23-31-35(45(11)34(23)24(22)17-27(29)51-12)25-18-28(52-13)30(19-26(25)53-36(31)46)55-38(48)33(21(3)4)44-40(50)57-42(8,9)10/h14-21,32-33H,1-13H3,(H,43,49)(H,44,50)/t32-,33-/m0/s1. The lowest BCUT2D eigenvalue weighted by atomic mass is 10.0. The van der Waals surface area contributed by atoms with Crippen LogP contribution in [-0.2, 0) is 26.1 Å². The maximum Gasteiger partial charge on any atom is 0.408 e. The van der Waals surface area contributed by atoms with Gasteiger partial charge in [-0.15, -0.1) is 0 Å². The van der Waals surface area contributed by atoms with Crippen molar-refractivity contribution in [1.29, 1.82) is 0 Å². The maximum absolute atomic E-state index is 13.7. The molecule has 15 nitrogen and oxygen atoms in total. The Hall–Kier alpha value is -5.99. The van der Waals surface area contributed by atoms with Crippen molar-refractivity contribution < 1.29 is 52.0 Å². The molecule has 2 aromatic heterocycles. The molecular formula is C42H51N3O12. The third-order valence-corrected chi connectivity index (χ3v) is 8.99. The molecule has 15 heteroatoms. The molecule has 0 spiro atoms. The number of hydrogen-bond acceptors (Lipinski definition) is 12. The van der Waals surface area contributed by atoms with Gasteiger partial charge in [0.15, 0.2) is 23.0 Å². The van der Waals surface area contributed by atoms with Crippen LogP contribution in [0.25, 0.3) is 43.5 Å². The summed E-state index contributed by atoms with van der Waals surface area (Å²) in [4.78, 5) is 65.7. The fourth-order valence-corrected chi connectivity index (χ4v) is 6.46. The highest BCUT2D eigenvalue weighted by molar-refractivity contribution is 6.22. The van der Waals surface area contributed by atoms with Gasteiger partial charge < -0.3 is 48.0 Å². The summed E-state index contributed by atoms with van der Waals surface area (Å²) < 4.78 is 41.3. The average molecular weight is 790 g/mol. The Morgan fingerprint density at radius 2 is 1.12 bits per heavy atom. The van der Waals surface area contributed by atoms with Gasteiger partial charge in [0, 0.05) is 29.3 Å². The van der Waals surface area contributed by atoms with Crippen molar-refractivity contribution in [1.82, 2.24) is 15.2 Å². The van der Waals surface area contributed by atoms with E-state index in [2.05, 4.69) is 10.6 Å². The molecule has 0 aliphatic heterocycles. The fourth-order valence-electron chi connectivity index (χ4n) is 6.46. The Morgan fingerprint density at radius 1 is 0.649 bits per heavy atom. The van der Waals surface area contributed by atoms with Gasteiger partial charge in [-0.3, -0.25) is 0 Å². The first-order chi connectivity index (χ1) is 26.5. The van der Waals surface area contributed by atoms with E-state index in [0.717, 1.165) is 0 Å². The van der Waals surface area contributed by atoms with E-state index in [-0.39, 0.29) is 40.4 Å². The van der Waals surface area contributed by atoms with Crippen molar-refractivity contribution in [3.63, 3.8) is 0 Å². The molecule has 2 atom stereocenters. The Morgan fingerprint density at radius 3 is 1.58 bits per heavy atom. The highest BCUT2D eigenvalue weighted by atomic mass is 16.6. The van der Waals surface area contributed by atoms with Crippen molar-refractivity contribution in [2.24, 2.45) is 18.9 Å². The van der Waals surface area contributed by atoms with Crippen LogP contribution in [0.3, 0.4) is 0 Å². The number of hydrogen-bond donors (Lipinski definition) is 2. The Bertz CT molecular complexity index is 2450. The summed E-state index contributed by atoms with van der Waals surface area (Å²) >= 11 is 0. The van der Waals surface area contributed by atoms with Crippen molar-refractivity contribution in [2.75, 3.05) is 14.2 Å². The van der Waals surface area contributed by atoms with Gasteiger partial charge >= 0.3 is 29.8 Å². The summed E-state index contributed by atoms with van der Waals surface area (Å²) in [6.45, 7) is 17.4. The molecule has 0 aliphatic carbocycles. The lowest BCUT2D eigenvalue weighted by Gasteiger charge is -2.24. The fraction of sp³-hybridized carbons (Fsp3) is 0.452. The molecule has 0 saturated carbocycles. The first-order valence-electron chi connectivity index (χ1n) is 18.5. The van der Waals surface area contributed by atoms with Gasteiger partial charge in [0.1, 0.15) is 28.9 Å². The monoisotopic (exact) mass is 789 g/mol. The number of aromatic nitrogens is 1. The van der Waals surface area contributed by atoms with Crippen LogP contribution >= 0.6 is 0 Å². The first-order valence-corrected chi connectivity index (χ1v) is 18.5. The molecule has 3 aromatic carbocycles. The second-order valence-electron chi connectivity index (χ2n) is 16.4. The number of ether oxygens (including phenoxy) is 6. The molecule has 5 aromatic rings. The number of nitrogens with zero attached hydrogens (tertiary/aromatic N) is 1. The molecule has 0 radical (unpaired) electrons. The van der Waals surface area contributed by atoms with Crippen LogP contribution in [-0.4, -0.2) is 66.2 Å². The van der Waals surface area contributed by atoms with E-state index in [4.69, 9.17) is 32.8 Å². The molecule has 57 heavy (non-hydrogen) atoms. The molecule has 0 fully saturated rings. The number of carbonyl (C=O) groups is 4. The summed E-state index contributed by atoms with van der Waals surface area (Å²) in [6, 6.07) is 7.87. The SMILES string of the molecule is COc1cc2c(ccc3c4c(=O)oc5cc(OC(=O)[C@@H](NC(=O)OC(C)(C)C)C(C)C)c(OC)cc5c4n(C)c23)cc1OC(=O)[C@@H](NC(=O)OC(C)(C)C)C(C)C. The average Bonchev–Trinajstić information content (AvgIpc) is 3.40. The molecule has 2 heterocycles. The lowest BCUT2D eigenvalue weighted by molar-refractivity contribution is -0.138. The summed E-state index contributed by atoms with van der Waals surface area (Å²) in [5.74, 6) is -1.65. The second-order valence-corrected chi connectivity index (χ2v) is 16.4. The van der Waals surface area contributed by atoms with Crippen LogP contribution in [0.1, 0.15) is 69.2 Å². The van der Waals surface area contributed by atoms with E-state index in [9.17, 15) is 24.0 Å². The van der Waals surface area contributed by atoms with Gasteiger partial charge in [0.05, 0.1) is 30.6 Å². The third kappa shape index (κ3) is 9.03. The van der Waals surface area contributed by atoms with Gasteiger partial charge in [-0.05, 0) is 77.0 Å². The normalized spacial score (nSPS) is 13.2. The van der Waals surface area contributed by atoms with Gasteiger partial charge in [0.25, 0.3) is 0 Å². The van der Waals surface area contributed by atoms with Crippen molar-refractivity contribution in [3.05, 3.63) is 46.8 Å². The highest BCUT2D eigenvalue weighted by Gasteiger charge is 2.32. The van der Waals surface area contributed by atoms with Gasteiger partial charge in [-0.25, -0.2) is 24.0 Å². The molecule has 0 aliphatic rings. The first kappa shape index (κ1) is 42.2. The van der Waals surface area contributed by atoms with Crippen LogP contribution in [0.2, 0.25) is 0 Å². The number of benzene rings is 3. The smallest absolute Gasteiger partial charge is 0.408 e. The van der Waals surface area contributed by atoms with E-state index in [1.807, 2.05) is 4.57 Å². The van der Waals surface area contributed by atoms with Crippen LogP contribution < -0.4 is 35.2 Å². The molecule has 0 saturated heterocycles. The zero-order chi connectivity index (χ0) is 42.3. The number of aryl methyl sites for hydroxylation is 1. The largest absolute Gasteiger partial charge is 0.493 e. The van der Waals surface area contributed by atoms with Crippen molar-refractivity contribution in [3.8, 4) is 23.0 Å². The minimum atomic E-state index is -1.06. The molecular weight excluding hydrogens is 738 g/mol. The number of carbonyl (C=O) groups excluding carboxylic acids is 4. The number of amides is 2. The van der Waals surface area contributed by atoms with Gasteiger partial charge in [0.2, 0.25) is 0 Å². The van der Waals surface area contributed by atoms with E-state index in [1.165, 1.54) is 20.3 Å². The van der Waals surface area contributed by atoms with E-state index < -0.39 is 53.0 Å². The molecule has 5 rings (SSSR count). The lowest BCUT2D eigenvalue weighted by Crippen LogP contribution is -2.48. The van der Waals surface area contributed by atoms with Gasteiger partial charge in [-0.2, -0.15) is 0 Å². The predicted octanol–water partition coefficient (Wildman–Crippen LogP) is 7.52. The summed E-state index contributed by atoms with van der Waals surface area (Å²) in [6.07, 6.45) is -1.52. The molecule has 2 N–H and O–H groups in total. The van der Waals surface area contributed by atoms with Crippen molar-refractivity contribution in [2.45, 2.75) is 92.5 Å². The van der Waals surface area contributed by atoms with E-state index >= 15 is 0 Å². The molecule has 0 unspecified atom stereocenters. The van der Waals surface area contributed by atoms with E-state index in [0.29, 0.717) is 38.0 Å². The minimum Gasteiger partial charge on any atom is -0.493 e. The molecule has 2 amide bonds. The third-order valence-electron chi connectivity index (χ3n) is 8.99. The second kappa shape index (κ2) is 15.9. The van der Waals surface area contributed by atoms with Gasteiger partial charge in [-0.1, -0.05) is 39.8 Å². The number of alkyl carbamates (subject to hydrolysis) is 2. The number of rotatable bonds is 10. The number of esters is 2. The molecule has 306 valence electrons. The number of methoxy groups -OCH3 is 2. The molecule has 0 bridgehead atoms. The maximum atomic E-state index is 13.7. The van der Waals surface area contributed by atoms with Crippen LogP contribution in [0, 0.1) is 11.8 Å². The highest BCUT2D eigenvalue weighted by Crippen LogP contribution is 2.42. The quantitative estimate of drug-likeness (QED) is 0.0808. The summed E-state index contributed by atoms with van der Waals surface area (Å²) in [5.41, 5.74) is -0.868. The zero-order valence-electron chi connectivity index (χ0n) is 34.6. The predicted molar refractivity (Wildman–Crippen MR) is 214 cm³/mol. The minimum absolute atomic E-state index is 0.0221. The number of nitrogens with one attached hydrogen (secondary N) is 2. The van der Waals surface area contributed by atoms with Crippen LogP contribution in [0.4, 0.5) is 9.59 Å². The topological polar surface area (TPSA) is 183 Å². The number of fused-ring (bicyclic) bond motifs is 7. The Labute approximate surface area is 329 Å². The Balaban J connectivity index is 1.56. The summed E-state index contributed by atoms with van der Waals surface area (Å²) in [7, 11) is 4.65.